The molecule has 5 rings (SSSR count). The summed E-state index contributed by atoms with van der Waals surface area (Å²) in [4.78, 5) is 41.0. The lowest BCUT2D eigenvalue weighted by atomic mass is 9.98. The van der Waals surface area contributed by atoms with Crippen molar-refractivity contribution >= 4 is 23.4 Å². The van der Waals surface area contributed by atoms with Crippen LogP contribution in [0.2, 0.25) is 0 Å². The van der Waals surface area contributed by atoms with Gasteiger partial charge >= 0.3 is 0 Å². The molecule has 1 saturated heterocycles. The number of nitrogens with zero attached hydrogens (tertiary/aromatic N) is 2. The van der Waals surface area contributed by atoms with Crippen LogP contribution < -0.4 is 10.2 Å². The number of amides is 3. The van der Waals surface area contributed by atoms with Gasteiger partial charge in [-0.25, -0.2) is 0 Å². The van der Waals surface area contributed by atoms with Gasteiger partial charge in [0.25, 0.3) is 5.91 Å². The lowest BCUT2D eigenvalue weighted by molar-refractivity contribution is -0.136. The summed E-state index contributed by atoms with van der Waals surface area (Å²) in [6.07, 6.45) is 8.71. The number of carbonyl (C=O) groups is 3. The summed E-state index contributed by atoms with van der Waals surface area (Å²) < 4.78 is 0. The molecule has 0 radical (unpaired) electrons. The normalized spacial score (nSPS) is 20.1. The van der Waals surface area contributed by atoms with Crippen LogP contribution in [-0.4, -0.2) is 41.8 Å². The number of fused-ring (bicyclic) bond motifs is 2. The van der Waals surface area contributed by atoms with Gasteiger partial charge in [0.2, 0.25) is 11.8 Å². The van der Waals surface area contributed by atoms with Crippen LogP contribution in [0.1, 0.15) is 72.0 Å². The van der Waals surface area contributed by atoms with Crippen LogP contribution in [0.25, 0.3) is 0 Å². The van der Waals surface area contributed by atoms with Crippen molar-refractivity contribution < 1.29 is 14.4 Å². The van der Waals surface area contributed by atoms with E-state index in [0.717, 1.165) is 44.3 Å². The molecule has 6 heteroatoms. The second kappa shape index (κ2) is 10.00. The molecular formula is C28H33N3O3. The van der Waals surface area contributed by atoms with Gasteiger partial charge in [-0.05, 0) is 73.8 Å². The highest BCUT2D eigenvalue weighted by atomic mass is 16.2. The number of anilines is 1. The molecule has 3 heterocycles. The third-order valence-electron chi connectivity index (χ3n) is 7.51. The average molecular weight is 460 g/mol. The SMILES string of the molecule is O=C1CCC(N2Cc3c(CCCCCN4CCCCc5ccccc54)cccc3C2=O)C(=O)N1. The Morgan fingerprint density at radius 3 is 2.68 bits per heavy atom. The van der Waals surface area contributed by atoms with Crippen LogP contribution in [-0.2, 0) is 29.0 Å². The van der Waals surface area contributed by atoms with Crippen LogP contribution in [0.15, 0.2) is 42.5 Å². The van der Waals surface area contributed by atoms with E-state index >= 15 is 0 Å². The molecule has 3 aliphatic heterocycles. The number of hydrogen-bond acceptors (Lipinski definition) is 4. The van der Waals surface area contributed by atoms with Crippen LogP contribution in [0.4, 0.5) is 5.69 Å². The smallest absolute Gasteiger partial charge is 0.255 e. The summed E-state index contributed by atoms with van der Waals surface area (Å²) in [5.74, 6) is -0.699. The quantitative estimate of drug-likeness (QED) is 0.502. The Labute approximate surface area is 201 Å². The average Bonchev–Trinajstić information content (AvgIpc) is 3.04. The van der Waals surface area contributed by atoms with E-state index in [1.54, 1.807) is 4.90 Å². The number of aryl methyl sites for hydroxylation is 2. The van der Waals surface area contributed by atoms with E-state index in [-0.39, 0.29) is 24.1 Å². The lowest BCUT2D eigenvalue weighted by Crippen LogP contribution is -2.52. The molecule has 0 aromatic heterocycles. The van der Waals surface area contributed by atoms with Crippen LogP contribution in [0.3, 0.4) is 0 Å². The highest BCUT2D eigenvalue weighted by molar-refractivity contribution is 6.05. The summed E-state index contributed by atoms with van der Waals surface area (Å²) in [5.41, 5.74) is 5.86. The summed E-state index contributed by atoms with van der Waals surface area (Å²) in [6, 6.07) is 14.2. The van der Waals surface area contributed by atoms with Crippen molar-refractivity contribution in [1.29, 1.82) is 0 Å². The number of hydrogen-bond donors (Lipinski definition) is 1. The largest absolute Gasteiger partial charge is 0.371 e. The summed E-state index contributed by atoms with van der Waals surface area (Å²) in [5, 5.41) is 2.38. The van der Waals surface area contributed by atoms with Crippen molar-refractivity contribution in [2.45, 2.75) is 70.4 Å². The first-order valence-corrected chi connectivity index (χ1v) is 12.7. The van der Waals surface area contributed by atoms with Gasteiger partial charge in [-0.15, -0.1) is 0 Å². The van der Waals surface area contributed by atoms with E-state index in [9.17, 15) is 14.4 Å². The fourth-order valence-corrected chi connectivity index (χ4v) is 5.68. The van der Waals surface area contributed by atoms with Crippen molar-refractivity contribution in [3.8, 4) is 0 Å². The molecule has 1 fully saturated rings. The molecule has 3 amide bonds. The number of imide groups is 1. The molecule has 34 heavy (non-hydrogen) atoms. The van der Waals surface area contributed by atoms with Crippen LogP contribution in [0.5, 0.6) is 0 Å². The van der Waals surface area contributed by atoms with E-state index in [0.29, 0.717) is 18.5 Å². The first kappa shape index (κ1) is 22.6. The third kappa shape index (κ3) is 4.59. The van der Waals surface area contributed by atoms with Crippen molar-refractivity contribution in [2.75, 3.05) is 18.0 Å². The van der Waals surface area contributed by atoms with E-state index in [1.165, 1.54) is 36.1 Å². The molecule has 1 N–H and O–H groups in total. The lowest BCUT2D eigenvalue weighted by Gasteiger charge is -2.29. The van der Waals surface area contributed by atoms with Crippen LogP contribution >= 0.6 is 0 Å². The zero-order valence-electron chi connectivity index (χ0n) is 19.7. The minimum atomic E-state index is -0.554. The molecule has 0 saturated carbocycles. The number of para-hydroxylation sites is 1. The first-order chi connectivity index (χ1) is 16.6. The second-order valence-corrected chi connectivity index (χ2v) is 9.73. The Morgan fingerprint density at radius 2 is 1.79 bits per heavy atom. The first-order valence-electron chi connectivity index (χ1n) is 12.7. The third-order valence-corrected chi connectivity index (χ3v) is 7.51. The van der Waals surface area contributed by atoms with E-state index in [1.807, 2.05) is 12.1 Å². The Balaban J connectivity index is 1.16. The summed E-state index contributed by atoms with van der Waals surface area (Å²) in [6.45, 7) is 2.69. The molecule has 178 valence electrons. The van der Waals surface area contributed by atoms with Gasteiger partial charge < -0.3 is 9.80 Å². The van der Waals surface area contributed by atoms with E-state index in [2.05, 4.69) is 40.5 Å². The van der Waals surface area contributed by atoms with Crippen LogP contribution in [0, 0.1) is 0 Å². The highest BCUT2D eigenvalue weighted by Crippen LogP contribution is 2.31. The van der Waals surface area contributed by atoms with Gasteiger partial charge in [0.05, 0.1) is 0 Å². The highest BCUT2D eigenvalue weighted by Gasteiger charge is 2.39. The maximum atomic E-state index is 13.0. The standard InChI is InChI=1S/C28H33N3O3/c32-26-16-15-25(27(33)29-26)31-19-23-20(12-8-13-22(23)28(31)34)9-2-1-6-17-30-18-7-5-11-21-10-3-4-14-24(21)30/h3-4,8,10,12-14,25H,1-2,5-7,9,11,15-19H2,(H,29,32,33). The molecule has 1 atom stereocenters. The molecule has 2 aromatic carbocycles. The molecule has 0 bridgehead atoms. The summed E-state index contributed by atoms with van der Waals surface area (Å²) in [7, 11) is 0. The minimum Gasteiger partial charge on any atom is -0.371 e. The minimum absolute atomic E-state index is 0.0915. The zero-order valence-corrected chi connectivity index (χ0v) is 19.7. The van der Waals surface area contributed by atoms with Gasteiger partial charge in [-0.2, -0.15) is 0 Å². The van der Waals surface area contributed by atoms with Gasteiger partial charge in [0.1, 0.15) is 6.04 Å². The number of piperidine rings is 1. The second-order valence-electron chi connectivity index (χ2n) is 9.73. The number of rotatable bonds is 7. The number of unbranched alkanes of at least 4 members (excludes halogenated alkanes) is 2. The molecule has 2 aromatic rings. The molecular weight excluding hydrogens is 426 g/mol. The maximum Gasteiger partial charge on any atom is 0.255 e. The fraction of sp³-hybridized carbons (Fsp3) is 0.464. The van der Waals surface area contributed by atoms with Gasteiger partial charge in [0.15, 0.2) is 0 Å². The maximum absolute atomic E-state index is 13.0. The van der Waals surface area contributed by atoms with Crippen molar-refractivity contribution in [3.05, 3.63) is 64.7 Å². The Hall–Kier alpha value is -3.15. The number of benzene rings is 2. The number of nitrogens with one attached hydrogen (secondary N) is 1. The zero-order chi connectivity index (χ0) is 23.5. The Morgan fingerprint density at radius 1 is 0.912 bits per heavy atom. The molecule has 6 nitrogen and oxygen atoms in total. The van der Waals surface area contributed by atoms with Gasteiger partial charge in [-0.3, -0.25) is 19.7 Å². The number of carbonyl (C=O) groups excluding carboxylic acids is 3. The van der Waals surface area contributed by atoms with Gasteiger partial charge in [0, 0.05) is 37.3 Å². The monoisotopic (exact) mass is 459 g/mol. The molecule has 1 unspecified atom stereocenters. The van der Waals surface area contributed by atoms with E-state index < -0.39 is 6.04 Å². The van der Waals surface area contributed by atoms with Gasteiger partial charge in [-0.1, -0.05) is 36.8 Å². The van der Waals surface area contributed by atoms with Crippen molar-refractivity contribution in [3.63, 3.8) is 0 Å². The predicted molar refractivity (Wildman–Crippen MR) is 132 cm³/mol. The molecule has 3 aliphatic rings. The summed E-state index contributed by atoms with van der Waals surface area (Å²) >= 11 is 0. The van der Waals surface area contributed by atoms with Crippen molar-refractivity contribution in [2.24, 2.45) is 0 Å². The topological polar surface area (TPSA) is 69.7 Å². The molecule has 0 spiro atoms. The Kier molecular flexibility index (Phi) is 6.66. The van der Waals surface area contributed by atoms with E-state index in [4.69, 9.17) is 0 Å². The Bertz CT molecular complexity index is 1100. The fourth-order valence-electron chi connectivity index (χ4n) is 5.68. The molecule has 0 aliphatic carbocycles. The van der Waals surface area contributed by atoms with Crippen molar-refractivity contribution in [1.82, 2.24) is 10.2 Å². The predicted octanol–water partition coefficient (Wildman–Crippen LogP) is 4.00.